The van der Waals surface area contributed by atoms with Gasteiger partial charge in [0.15, 0.2) is 4.80 Å². The molecule has 0 aromatic carbocycles. The van der Waals surface area contributed by atoms with Crippen molar-refractivity contribution >= 4 is 22.7 Å². The normalized spacial score (nSPS) is 10.8. The van der Waals surface area contributed by atoms with Crippen molar-refractivity contribution in [2.24, 2.45) is 0 Å². The molecule has 0 spiro atoms. The molecule has 3 nitrogen and oxygen atoms in total. The molecule has 0 atom stereocenters. The van der Waals surface area contributed by atoms with Gasteiger partial charge in [-0.25, -0.2) is 4.98 Å². The summed E-state index contributed by atoms with van der Waals surface area (Å²) in [6.07, 6.45) is 3.02. The first-order chi connectivity index (χ1) is 7.16. The fraction of sp³-hybridized carbons (Fsp3) is 0.400. The zero-order valence-corrected chi connectivity index (χ0v) is 10.4. The number of nitrogens with zero attached hydrogens (tertiary/aromatic N) is 2. The third kappa shape index (κ3) is 2.35. The minimum atomic E-state index is 0.634. The SMILES string of the molecule is Cc1cn(CCc2scnc2C)c(=N)s1. The smallest absolute Gasteiger partial charge is 0.182 e. The van der Waals surface area contributed by atoms with Crippen LogP contribution in [0.25, 0.3) is 0 Å². The van der Waals surface area contributed by atoms with Crippen molar-refractivity contribution in [3.05, 3.63) is 32.0 Å². The minimum Gasteiger partial charge on any atom is -0.324 e. The number of nitrogens with one attached hydrogen (secondary N) is 1. The summed E-state index contributed by atoms with van der Waals surface area (Å²) in [4.78, 5) is 7.38. The van der Waals surface area contributed by atoms with Crippen molar-refractivity contribution in [1.29, 1.82) is 5.41 Å². The molecule has 0 aliphatic heterocycles. The lowest BCUT2D eigenvalue weighted by atomic mass is 10.3. The van der Waals surface area contributed by atoms with Gasteiger partial charge in [-0.05, 0) is 13.8 Å². The first-order valence-electron chi connectivity index (χ1n) is 4.77. The first-order valence-corrected chi connectivity index (χ1v) is 6.47. The summed E-state index contributed by atoms with van der Waals surface area (Å²) >= 11 is 3.23. The largest absolute Gasteiger partial charge is 0.324 e. The van der Waals surface area contributed by atoms with Crippen molar-refractivity contribution < 1.29 is 0 Å². The molecule has 0 aliphatic carbocycles. The van der Waals surface area contributed by atoms with Crippen molar-refractivity contribution in [2.75, 3.05) is 0 Å². The molecule has 0 amide bonds. The van der Waals surface area contributed by atoms with E-state index in [1.54, 1.807) is 11.3 Å². The van der Waals surface area contributed by atoms with E-state index >= 15 is 0 Å². The van der Waals surface area contributed by atoms with Gasteiger partial charge in [-0.1, -0.05) is 0 Å². The number of rotatable bonds is 3. The maximum absolute atomic E-state index is 7.74. The van der Waals surface area contributed by atoms with Crippen LogP contribution >= 0.6 is 22.7 Å². The Balaban J connectivity index is 2.08. The molecule has 0 bridgehead atoms. The maximum Gasteiger partial charge on any atom is 0.182 e. The van der Waals surface area contributed by atoms with Crippen LogP contribution in [-0.4, -0.2) is 9.55 Å². The van der Waals surface area contributed by atoms with Gasteiger partial charge in [-0.3, -0.25) is 5.41 Å². The van der Waals surface area contributed by atoms with Gasteiger partial charge >= 0.3 is 0 Å². The Hall–Kier alpha value is -0.940. The van der Waals surface area contributed by atoms with E-state index in [9.17, 15) is 0 Å². The Kier molecular flexibility index (Phi) is 3.02. The molecule has 0 aliphatic rings. The highest BCUT2D eigenvalue weighted by molar-refractivity contribution is 7.09. The fourth-order valence-electron chi connectivity index (χ4n) is 1.47. The van der Waals surface area contributed by atoms with Crippen molar-refractivity contribution in [3.8, 4) is 0 Å². The van der Waals surface area contributed by atoms with Gasteiger partial charge in [0.25, 0.3) is 0 Å². The van der Waals surface area contributed by atoms with E-state index < -0.39 is 0 Å². The highest BCUT2D eigenvalue weighted by Crippen LogP contribution is 2.13. The van der Waals surface area contributed by atoms with Gasteiger partial charge in [-0.15, -0.1) is 22.7 Å². The maximum atomic E-state index is 7.74. The molecule has 0 saturated heterocycles. The Labute approximate surface area is 96.6 Å². The molecule has 15 heavy (non-hydrogen) atoms. The Bertz CT molecular complexity index is 507. The molecule has 2 aromatic rings. The topological polar surface area (TPSA) is 41.7 Å². The average Bonchev–Trinajstić information content (AvgIpc) is 2.70. The van der Waals surface area contributed by atoms with Crippen LogP contribution in [0.4, 0.5) is 0 Å². The van der Waals surface area contributed by atoms with Gasteiger partial charge in [0.2, 0.25) is 0 Å². The van der Waals surface area contributed by atoms with E-state index in [2.05, 4.69) is 4.98 Å². The molecule has 80 valence electrons. The van der Waals surface area contributed by atoms with Crippen molar-refractivity contribution in [2.45, 2.75) is 26.8 Å². The number of aryl methyl sites for hydroxylation is 4. The second-order valence-corrected chi connectivity index (χ2v) is 5.63. The summed E-state index contributed by atoms with van der Waals surface area (Å²) in [6, 6.07) is 0. The molecule has 2 aromatic heterocycles. The van der Waals surface area contributed by atoms with E-state index in [0.717, 1.165) is 18.7 Å². The first kappa shape index (κ1) is 10.6. The predicted molar refractivity (Wildman–Crippen MR) is 63.5 cm³/mol. The van der Waals surface area contributed by atoms with Crippen molar-refractivity contribution in [1.82, 2.24) is 9.55 Å². The molecule has 0 fully saturated rings. The van der Waals surface area contributed by atoms with Crippen LogP contribution in [0.5, 0.6) is 0 Å². The predicted octanol–water partition coefficient (Wildman–Crippen LogP) is 2.35. The summed E-state index contributed by atoms with van der Waals surface area (Å²) in [6.45, 7) is 4.96. The zero-order valence-electron chi connectivity index (χ0n) is 8.78. The summed E-state index contributed by atoms with van der Waals surface area (Å²) in [5, 5.41) is 7.74. The molecule has 0 unspecified atom stereocenters. The highest BCUT2D eigenvalue weighted by Gasteiger charge is 2.03. The molecular weight excluding hydrogens is 226 g/mol. The third-order valence-electron chi connectivity index (χ3n) is 2.28. The summed E-state index contributed by atoms with van der Waals surface area (Å²) < 4.78 is 2.00. The molecule has 0 radical (unpaired) electrons. The van der Waals surface area contributed by atoms with E-state index in [4.69, 9.17) is 5.41 Å². The number of hydrogen-bond donors (Lipinski definition) is 1. The second kappa shape index (κ2) is 4.28. The lowest BCUT2D eigenvalue weighted by molar-refractivity contribution is 0.672. The third-order valence-corrected chi connectivity index (χ3v) is 4.13. The molecule has 2 heterocycles. The Morgan fingerprint density at radius 3 is 2.80 bits per heavy atom. The van der Waals surface area contributed by atoms with Crippen LogP contribution in [0, 0.1) is 19.3 Å². The number of hydrogen-bond acceptors (Lipinski definition) is 4. The monoisotopic (exact) mass is 239 g/mol. The van der Waals surface area contributed by atoms with E-state index in [1.807, 2.05) is 30.1 Å². The van der Waals surface area contributed by atoms with Crippen LogP contribution in [-0.2, 0) is 13.0 Å². The Morgan fingerprint density at radius 2 is 2.27 bits per heavy atom. The standard InChI is InChI=1S/C10H13N3S2/c1-7-5-13(10(11)15-7)4-3-9-8(2)12-6-14-9/h5-6,11H,3-4H2,1-2H3. The molecule has 0 saturated carbocycles. The summed E-state index contributed by atoms with van der Waals surface area (Å²) in [5.74, 6) is 0. The van der Waals surface area contributed by atoms with Gasteiger partial charge in [-0.2, -0.15) is 0 Å². The van der Waals surface area contributed by atoms with E-state index in [-0.39, 0.29) is 0 Å². The quantitative estimate of drug-likeness (QED) is 0.877. The molecule has 1 N–H and O–H groups in total. The lowest BCUT2D eigenvalue weighted by Crippen LogP contribution is -2.13. The van der Waals surface area contributed by atoms with Gasteiger partial charge in [0.1, 0.15) is 0 Å². The molecular formula is C10H13N3S2. The average molecular weight is 239 g/mol. The van der Waals surface area contributed by atoms with Crippen LogP contribution in [0.3, 0.4) is 0 Å². The van der Waals surface area contributed by atoms with Crippen LogP contribution in [0.1, 0.15) is 15.4 Å². The van der Waals surface area contributed by atoms with E-state index in [1.165, 1.54) is 21.1 Å². The van der Waals surface area contributed by atoms with Crippen molar-refractivity contribution in [3.63, 3.8) is 0 Å². The number of thiazole rings is 2. The lowest BCUT2D eigenvalue weighted by Gasteiger charge is -2.00. The zero-order chi connectivity index (χ0) is 10.8. The van der Waals surface area contributed by atoms with Crippen LogP contribution in [0.15, 0.2) is 11.7 Å². The van der Waals surface area contributed by atoms with E-state index in [0.29, 0.717) is 4.80 Å². The molecule has 5 heteroatoms. The van der Waals surface area contributed by atoms with Crippen LogP contribution in [0.2, 0.25) is 0 Å². The van der Waals surface area contributed by atoms with Gasteiger partial charge in [0, 0.05) is 28.9 Å². The van der Waals surface area contributed by atoms with Crippen LogP contribution < -0.4 is 4.80 Å². The number of aromatic nitrogens is 2. The second-order valence-electron chi connectivity index (χ2n) is 3.45. The summed E-state index contributed by atoms with van der Waals surface area (Å²) in [7, 11) is 0. The van der Waals surface area contributed by atoms with Gasteiger partial charge < -0.3 is 4.57 Å². The summed E-state index contributed by atoms with van der Waals surface area (Å²) in [5.41, 5.74) is 3.01. The molecule has 2 rings (SSSR count). The van der Waals surface area contributed by atoms with Gasteiger partial charge in [0.05, 0.1) is 11.2 Å². The minimum absolute atomic E-state index is 0.634. The Morgan fingerprint density at radius 1 is 1.47 bits per heavy atom. The fourth-order valence-corrected chi connectivity index (χ4v) is 2.99. The highest BCUT2D eigenvalue weighted by atomic mass is 32.1.